The van der Waals surface area contributed by atoms with Crippen LogP contribution in [0.2, 0.25) is 0 Å². The van der Waals surface area contributed by atoms with Gasteiger partial charge >= 0.3 is 12.4 Å². The van der Waals surface area contributed by atoms with E-state index in [9.17, 15) is 26.3 Å². The van der Waals surface area contributed by atoms with Crippen LogP contribution in [0.25, 0.3) is 66.1 Å². The van der Waals surface area contributed by atoms with Gasteiger partial charge in [-0.3, -0.25) is 0 Å². The highest BCUT2D eigenvalue weighted by Gasteiger charge is 2.39. The highest BCUT2D eigenvalue weighted by atomic mass is 19.4. The molecule has 0 saturated carbocycles. The first-order valence-electron chi connectivity index (χ1n) is 17.8. The van der Waals surface area contributed by atoms with Crippen molar-refractivity contribution in [3.63, 3.8) is 0 Å². The molecule has 0 aliphatic rings. The molecular formula is C46H38F6N2. The average molecular weight is 733 g/mol. The molecule has 0 aliphatic carbocycles. The Bertz CT molecular complexity index is 2570. The summed E-state index contributed by atoms with van der Waals surface area (Å²) >= 11 is 0. The topological polar surface area (TPSA) is 9.86 Å². The number of alkyl halides is 6. The smallest absolute Gasteiger partial charge is 0.309 e. The standard InChI is InChI=1S/C46H38F6N2/c1-43(2,3)27-15-19-33-31-11-7-9-13-39(31)53(41(33)23-27)29-17-21-37(45(47,48)49)35(25-29)36-26-30(18-22-38(36)46(50,51)52)54-40-14-10-8-12-32(40)34-20-16-28(24-42(34)54)44(4,5)6/h7-26H,1-6H3. The van der Waals surface area contributed by atoms with Gasteiger partial charge in [-0.25, -0.2) is 0 Å². The van der Waals surface area contributed by atoms with Crippen LogP contribution in [0.1, 0.15) is 63.8 Å². The fourth-order valence-electron chi connectivity index (χ4n) is 7.71. The number of hydrogen-bond donors (Lipinski definition) is 0. The molecule has 0 aliphatic heterocycles. The summed E-state index contributed by atoms with van der Waals surface area (Å²) in [6.45, 7) is 12.4. The Balaban J connectivity index is 1.45. The van der Waals surface area contributed by atoms with E-state index < -0.39 is 34.6 Å². The third-order valence-electron chi connectivity index (χ3n) is 10.5. The van der Waals surface area contributed by atoms with E-state index in [1.807, 2.05) is 94.1 Å². The van der Waals surface area contributed by atoms with E-state index in [-0.39, 0.29) is 10.8 Å². The van der Waals surface area contributed by atoms with Crippen LogP contribution in [-0.2, 0) is 23.2 Å². The van der Waals surface area contributed by atoms with Crippen molar-refractivity contribution in [1.29, 1.82) is 0 Å². The van der Waals surface area contributed by atoms with E-state index in [0.717, 1.165) is 66.9 Å². The van der Waals surface area contributed by atoms with Gasteiger partial charge in [-0.2, -0.15) is 26.3 Å². The zero-order valence-electron chi connectivity index (χ0n) is 30.7. The van der Waals surface area contributed by atoms with Crippen molar-refractivity contribution in [2.45, 2.75) is 64.7 Å². The second-order valence-electron chi connectivity index (χ2n) is 16.1. The van der Waals surface area contributed by atoms with Crippen molar-refractivity contribution in [3.8, 4) is 22.5 Å². The van der Waals surface area contributed by atoms with Gasteiger partial charge in [-0.1, -0.05) is 102 Å². The van der Waals surface area contributed by atoms with Gasteiger partial charge in [0.05, 0.1) is 33.2 Å². The molecule has 0 spiro atoms. The van der Waals surface area contributed by atoms with Gasteiger partial charge in [0.2, 0.25) is 0 Å². The summed E-state index contributed by atoms with van der Waals surface area (Å²) in [6.07, 6.45) is -9.89. The summed E-state index contributed by atoms with van der Waals surface area (Å²) in [5.41, 5.74) is 1.75. The molecule has 2 aromatic heterocycles. The minimum Gasteiger partial charge on any atom is -0.309 e. The van der Waals surface area contributed by atoms with E-state index in [0.29, 0.717) is 11.4 Å². The number of aromatic nitrogens is 2. The minimum absolute atomic E-state index is 0.233. The molecule has 0 radical (unpaired) electrons. The Morgan fingerprint density at radius 1 is 0.370 bits per heavy atom. The van der Waals surface area contributed by atoms with Gasteiger partial charge in [-0.15, -0.1) is 0 Å². The van der Waals surface area contributed by atoms with E-state index in [4.69, 9.17) is 0 Å². The summed E-state index contributed by atoms with van der Waals surface area (Å²) in [6, 6.07) is 34.2. The van der Waals surface area contributed by atoms with Crippen LogP contribution in [0.4, 0.5) is 26.3 Å². The van der Waals surface area contributed by atoms with Crippen LogP contribution < -0.4 is 0 Å². The number of nitrogens with zero attached hydrogens (tertiary/aromatic N) is 2. The number of benzene rings is 6. The van der Waals surface area contributed by atoms with E-state index in [2.05, 4.69) is 41.5 Å². The lowest BCUT2D eigenvalue weighted by atomic mass is 9.86. The molecule has 8 heteroatoms. The molecule has 54 heavy (non-hydrogen) atoms. The molecule has 0 amide bonds. The Kier molecular flexibility index (Phi) is 7.90. The first kappa shape index (κ1) is 35.5. The van der Waals surface area contributed by atoms with Gasteiger partial charge in [0, 0.05) is 32.9 Å². The van der Waals surface area contributed by atoms with Crippen LogP contribution in [0.15, 0.2) is 121 Å². The maximum Gasteiger partial charge on any atom is 0.417 e. The Morgan fingerprint density at radius 2 is 0.722 bits per heavy atom. The zero-order valence-corrected chi connectivity index (χ0v) is 30.7. The highest BCUT2D eigenvalue weighted by molar-refractivity contribution is 6.10. The number of hydrogen-bond acceptors (Lipinski definition) is 0. The normalized spacial score (nSPS) is 13.2. The Morgan fingerprint density at radius 3 is 1.07 bits per heavy atom. The predicted octanol–water partition coefficient (Wildman–Crippen LogP) is 14.2. The summed E-state index contributed by atoms with van der Waals surface area (Å²) < 4.78 is 93.6. The lowest BCUT2D eigenvalue weighted by molar-refractivity contribution is -0.139. The monoisotopic (exact) mass is 732 g/mol. The van der Waals surface area contributed by atoms with Crippen LogP contribution in [0, 0.1) is 0 Å². The van der Waals surface area contributed by atoms with Crippen molar-refractivity contribution in [2.24, 2.45) is 0 Å². The third kappa shape index (κ3) is 5.83. The van der Waals surface area contributed by atoms with Crippen molar-refractivity contribution in [1.82, 2.24) is 9.13 Å². The van der Waals surface area contributed by atoms with E-state index in [1.54, 1.807) is 0 Å². The number of rotatable bonds is 3. The van der Waals surface area contributed by atoms with E-state index in [1.165, 1.54) is 24.3 Å². The second kappa shape index (κ2) is 12.0. The molecule has 0 N–H and O–H groups in total. The SMILES string of the molecule is CC(C)(C)c1ccc2c3ccccc3n(-c3ccc(C(F)(F)F)c(-c4cc(-n5c6ccccc6c6ccc(C(C)(C)C)cc65)ccc4C(F)(F)F)c3)c2c1. The third-order valence-corrected chi connectivity index (χ3v) is 10.5. The number of para-hydroxylation sites is 2. The molecule has 0 saturated heterocycles. The zero-order chi connectivity index (χ0) is 38.5. The molecule has 0 fully saturated rings. The van der Waals surface area contributed by atoms with Gasteiger partial charge in [0.1, 0.15) is 0 Å². The lowest BCUT2D eigenvalue weighted by Crippen LogP contribution is -2.13. The van der Waals surface area contributed by atoms with Crippen molar-refractivity contribution < 1.29 is 26.3 Å². The van der Waals surface area contributed by atoms with Gasteiger partial charge < -0.3 is 9.13 Å². The quantitative estimate of drug-likeness (QED) is 0.160. The molecule has 274 valence electrons. The van der Waals surface area contributed by atoms with Gasteiger partial charge in [0.25, 0.3) is 0 Å². The molecule has 6 aromatic carbocycles. The Hall–Kier alpha value is -5.50. The summed E-state index contributed by atoms with van der Waals surface area (Å²) in [5, 5.41) is 3.54. The van der Waals surface area contributed by atoms with Crippen LogP contribution in [0.3, 0.4) is 0 Å². The molecule has 0 unspecified atom stereocenters. The first-order valence-corrected chi connectivity index (χ1v) is 17.8. The maximum absolute atomic E-state index is 15.0. The molecular weight excluding hydrogens is 695 g/mol. The average Bonchev–Trinajstić information content (AvgIpc) is 3.62. The summed E-state index contributed by atoms with van der Waals surface area (Å²) in [7, 11) is 0. The molecule has 0 atom stereocenters. The molecule has 2 heterocycles. The predicted molar refractivity (Wildman–Crippen MR) is 208 cm³/mol. The van der Waals surface area contributed by atoms with Gasteiger partial charge in [-0.05, 0) is 93.7 Å². The fraction of sp³-hybridized carbons (Fsp3) is 0.217. The van der Waals surface area contributed by atoms with Crippen molar-refractivity contribution in [2.75, 3.05) is 0 Å². The summed E-state index contributed by atoms with van der Waals surface area (Å²) in [5.74, 6) is 0. The molecule has 0 bridgehead atoms. The van der Waals surface area contributed by atoms with Gasteiger partial charge in [0.15, 0.2) is 0 Å². The molecule has 8 aromatic rings. The first-order chi connectivity index (χ1) is 25.3. The molecule has 8 rings (SSSR count). The summed E-state index contributed by atoms with van der Waals surface area (Å²) in [4.78, 5) is 0. The second-order valence-corrected chi connectivity index (χ2v) is 16.1. The van der Waals surface area contributed by atoms with Crippen molar-refractivity contribution in [3.05, 3.63) is 144 Å². The number of fused-ring (bicyclic) bond motifs is 6. The number of halogens is 6. The van der Waals surface area contributed by atoms with E-state index >= 15 is 0 Å². The fourth-order valence-corrected chi connectivity index (χ4v) is 7.71. The maximum atomic E-state index is 15.0. The van der Waals surface area contributed by atoms with Crippen LogP contribution >= 0.6 is 0 Å². The Labute approximate surface area is 309 Å². The van der Waals surface area contributed by atoms with Crippen LogP contribution in [-0.4, -0.2) is 9.13 Å². The highest BCUT2D eigenvalue weighted by Crippen LogP contribution is 2.46. The van der Waals surface area contributed by atoms with Crippen molar-refractivity contribution >= 4 is 43.6 Å². The minimum atomic E-state index is -4.94. The largest absolute Gasteiger partial charge is 0.417 e. The molecule has 2 nitrogen and oxygen atoms in total. The van der Waals surface area contributed by atoms with Crippen LogP contribution in [0.5, 0.6) is 0 Å². The lowest BCUT2D eigenvalue weighted by Gasteiger charge is -2.22.